The Balaban J connectivity index is 1.25. The maximum absolute atomic E-state index is 13.5. The number of urea groups is 1. The molecule has 1 N–H and O–H groups in total. The smallest absolute Gasteiger partial charge is 0.324 e. The number of nitrogens with one attached hydrogen (secondary N) is 1. The predicted octanol–water partition coefficient (Wildman–Crippen LogP) is 4.38. The van der Waals surface area contributed by atoms with Crippen molar-refractivity contribution in [1.29, 1.82) is 0 Å². The van der Waals surface area contributed by atoms with E-state index in [-0.39, 0.29) is 29.8 Å². The molecule has 3 amide bonds. The predicted molar refractivity (Wildman–Crippen MR) is 115 cm³/mol. The Bertz CT molecular complexity index is 758. The van der Waals surface area contributed by atoms with E-state index >= 15 is 0 Å². The highest BCUT2D eigenvalue weighted by Gasteiger charge is 2.37. The standard InChI is InChI=1S/C23H31ClFN3O2/c24-21-7-6-18(25)13-17(21)12-16-8-10-27(11-9-16)15-19-14-22(29)28(23(30)26-19)20-4-2-1-3-5-20/h6-7,13,16,19-20H,1-5,8-12,14-15H2,(H,26,30). The van der Waals surface area contributed by atoms with E-state index in [1.54, 1.807) is 6.07 Å². The van der Waals surface area contributed by atoms with Crippen molar-refractivity contribution in [2.24, 2.45) is 5.92 Å². The van der Waals surface area contributed by atoms with Crippen LogP contribution in [0.5, 0.6) is 0 Å². The van der Waals surface area contributed by atoms with Gasteiger partial charge in [0, 0.05) is 24.0 Å². The monoisotopic (exact) mass is 435 g/mol. The first-order valence-electron chi connectivity index (χ1n) is 11.3. The number of imide groups is 1. The highest BCUT2D eigenvalue weighted by molar-refractivity contribution is 6.31. The molecular weight excluding hydrogens is 405 g/mol. The molecule has 1 aliphatic carbocycles. The Morgan fingerprint density at radius 3 is 2.50 bits per heavy atom. The van der Waals surface area contributed by atoms with Crippen LogP contribution in [0.25, 0.3) is 0 Å². The number of halogens is 2. The zero-order valence-electron chi connectivity index (χ0n) is 17.4. The maximum atomic E-state index is 13.5. The number of benzene rings is 1. The first kappa shape index (κ1) is 21.6. The van der Waals surface area contributed by atoms with E-state index < -0.39 is 0 Å². The van der Waals surface area contributed by atoms with E-state index in [0.717, 1.165) is 63.6 Å². The lowest BCUT2D eigenvalue weighted by molar-refractivity contribution is -0.132. The molecule has 0 spiro atoms. The third-order valence-electron chi connectivity index (χ3n) is 6.88. The van der Waals surface area contributed by atoms with E-state index in [9.17, 15) is 14.0 Å². The van der Waals surface area contributed by atoms with Gasteiger partial charge in [-0.15, -0.1) is 0 Å². The molecule has 4 rings (SSSR count). The number of piperidine rings is 1. The lowest BCUT2D eigenvalue weighted by atomic mass is 9.89. The van der Waals surface area contributed by atoms with E-state index in [1.165, 1.54) is 23.5 Å². The third kappa shape index (κ3) is 5.14. The molecule has 1 aromatic carbocycles. The van der Waals surface area contributed by atoms with Crippen LogP contribution in [0, 0.1) is 11.7 Å². The van der Waals surface area contributed by atoms with Crippen LogP contribution in [0.3, 0.4) is 0 Å². The van der Waals surface area contributed by atoms with Crippen LogP contribution in [-0.4, -0.2) is 53.5 Å². The van der Waals surface area contributed by atoms with Gasteiger partial charge < -0.3 is 10.2 Å². The summed E-state index contributed by atoms with van der Waals surface area (Å²) >= 11 is 6.21. The fourth-order valence-electron chi connectivity index (χ4n) is 5.23. The van der Waals surface area contributed by atoms with Crippen LogP contribution < -0.4 is 5.32 Å². The molecule has 0 radical (unpaired) electrons. The Labute approximate surface area is 182 Å². The number of hydrogen-bond donors (Lipinski definition) is 1. The molecule has 2 saturated heterocycles. The molecule has 2 heterocycles. The molecule has 0 aromatic heterocycles. The molecular formula is C23H31ClFN3O2. The minimum atomic E-state index is -0.244. The number of amides is 3. The van der Waals surface area contributed by atoms with E-state index in [4.69, 9.17) is 11.6 Å². The zero-order valence-corrected chi connectivity index (χ0v) is 18.2. The second-order valence-electron chi connectivity index (χ2n) is 9.09. The van der Waals surface area contributed by atoms with Gasteiger partial charge in [0.25, 0.3) is 0 Å². The second-order valence-corrected chi connectivity index (χ2v) is 9.50. The summed E-state index contributed by atoms with van der Waals surface area (Å²) in [5.74, 6) is 0.211. The van der Waals surface area contributed by atoms with Crippen molar-refractivity contribution in [2.75, 3.05) is 19.6 Å². The maximum Gasteiger partial charge on any atom is 0.324 e. The Kier molecular flexibility index (Phi) is 6.94. The number of nitrogens with zero attached hydrogens (tertiary/aromatic N) is 2. The lowest BCUT2D eigenvalue weighted by Gasteiger charge is -2.40. The minimum Gasteiger partial charge on any atom is -0.333 e. The van der Waals surface area contributed by atoms with Crippen LogP contribution in [0.1, 0.15) is 56.9 Å². The fourth-order valence-corrected chi connectivity index (χ4v) is 5.43. The SMILES string of the molecule is O=C1CC(CN2CCC(Cc3cc(F)ccc3Cl)CC2)NC(=O)N1C1CCCCC1. The van der Waals surface area contributed by atoms with Gasteiger partial charge in [0.1, 0.15) is 5.82 Å². The fraction of sp³-hybridized carbons (Fsp3) is 0.652. The molecule has 7 heteroatoms. The van der Waals surface area contributed by atoms with Gasteiger partial charge in [-0.1, -0.05) is 30.9 Å². The molecule has 3 aliphatic rings. The Hall–Kier alpha value is -1.66. The summed E-state index contributed by atoms with van der Waals surface area (Å²) in [6.45, 7) is 2.55. The summed E-state index contributed by atoms with van der Waals surface area (Å²) in [5.41, 5.74) is 0.878. The number of likely N-dealkylation sites (tertiary alicyclic amines) is 1. The zero-order chi connectivity index (χ0) is 21.1. The Morgan fingerprint density at radius 2 is 1.80 bits per heavy atom. The summed E-state index contributed by atoms with van der Waals surface area (Å²) in [6.07, 6.45) is 8.47. The minimum absolute atomic E-state index is 0.0220. The Morgan fingerprint density at radius 1 is 1.07 bits per heavy atom. The largest absolute Gasteiger partial charge is 0.333 e. The molecule has 0 bridgehead atoms. The van der Waals surface area contributed by atoms with Crippen LogP contribution in [0.4, 0.5) is 9.18 Å². The highest BCUT2D eigenvalue weighted by atomic mass is 35.5. The molecule has 164 valence electrons. The van der Waals surface area contributed by atoms with Crippen molar-refractivity contribution in [3.63, 3.8) is 0 Å². The molecule has 3 fully saturated rings. The number of carbonyl (C=O) groups is 2. The third-order valence-corrected chi connectivity index (χ3v) is 7.25. The van der Waals surface area contributed by atoms with Gasteiger partial charge in [-0.05, 0) is 74.9 Å². The summed E-state index contributed by atoms with van der Waals surface area (Å²) in [6, 6.07) is 4.32. The number of hydrogen-bond acceptors (Lipinski definition) is 3. The average molecular weight is 436 g/mol. The van der Waals surface area contributed by atoms with Gasteiger partial charge in [-0.2, -0.15) is 0 Å². The molecule has 1 saturated carbocycles. The van der Waals surface area contributed by atoms with Crippen LogP contribution in [0.15, 0.2) is 18.2 Å². The van der Waals surface area contributed by atoms with Crippen molar-refractivity contribution in [1.82, 2.24) is 15.1 Å². The molecule has 1 aromatic rings. The molecule has 1 atom stereocenters. The molecule has 5 nitrogen and oxygen atoms in total. The van der Waals surface area contributed by atoms with Gasteiger partial charge in [-0.25, -0.2) is 9.18 Å². The molecule has 30 heavy (non-hydrogen) atoms. The van der Waals surface area contributed by atoms with Crippen molar-refractivity contribution in [3.8, 4) is 0 Å². The van der Waals surface area contributed by atoms with E-state index in [0.29, 0.717) is 23.9 Å². The van der Waals surface area contributed by atoms with Gasteiger partial charge in [0.05, 0.1) is 6.04 Å². The van der Waals surface area contributed by atoms with Crippen LogP contribution in [-0.2, 0) is 11.2 Å². The quantitative estimate of drug-likeness (QED) is 0.746. The number of rotatable bonds is 5. The second kappa shape index (κ2) is 9.65. The van der Waals surface area contributed by atoms with Crippen molar-refractivity contribution < 1.29 is 14.0 Å². The van der Waals surface area contributed by atoms with Crippen LogP contribution in [0.2, 0.25) is 5.02 Å². The van der Waals surface area contributed by atoms with E-state index in [1.807, 2.05) is 0 Å². The molecule has 1 unspecified atom stereocenters. The highest BCUT2D eigenvalue weighted by Crippen LogP contribution is 2.28. The van der Waals surface area contributed by atoms with Gasteiger partial charge in [-0.3, -0.25) is 9.69 Å². The van der Waals surface area contributed by atoms with Crippen molar-refractivity contribution in [2.45, 2.75) is 69.9 Å². The summed E-state index contributed by atoms with van der Waals surface area (Å²) in [4.78, 5) is 29.1. The average Bonchev–Trinajstić information content (AvgIpc) is 2.72. The van der Waals surface area contributed by atoms with Crippen molar-refractivity contribution >= 4 is 23.5 Å². The topological polar surface area (TPSA) is 52.7 Å². The molecule has 2 aliphatic heterocycles. The summed E-state index contributed by atoms with van der Waals surface area (Å²) in [7, 11) is 0. The first-order chi connectivity index (χ1) is 14.5. The summed E-state index contributed by atoms with van der Waals surface area (Å²) < 4.78 is 13.5. The lowest BCUT2D eigenvalue weighted by Crippen LogP contribution is -2.60. The van der Waals surface area contributed by atoms with Gasteiger partial charge >= 0.3 is 6.03 Å². The normalized spacial score (nSPS) is 24.9. The van der Waals surface area contributed by atoms with Gasteiger partial charge in [0.2, 0.25) is 5.91 Å². The van der Waals surface area contributed by atoms with E-state index in [2.05, 4.69) is 10.2 Å². The van der Waals surface area contributed by atoms with Crippen LogP contribution >= 0.6 is 11.6 Å². The van der Waals surface area contributed by atoms with Crippen molar-refractivity contribution in [3.05, 3.63) is 34.6 Å². The summed E-state index contributed by atoms with van der Waals surface area (Å²) in [5, 5.41) is 3.70. The van der Waals surface area contributed by atoms with Gasteiger partial charge in [0.15, 0.2) is 0 Å². The first-order valence-corrected chi connectivity index (χ1v) is 11.7. The number of carbonyl (C=O) groups excluding carboxylic acids is 2.